The summed E-state index contributed by atoms with van der Waals surface area (Å²) in [6.45, 7) is 0. The molecule has 1 saturated carbocycles. The molecule has 4 rings (SSSR count). The molecule has 1 aromatic carbocycles. The molecule has 1 amide bonds. The molecule has 0 saturated heterocycles. The number of nitrogens with zero attached hydrogens (tertiary/aromatic N) is 5. The van der Waals surface area contributed by atoms with Gasteiger partial charge in [-0.15, -0.1) is 10.2 Å². The van der Waals surface area contributed by atoms with E-state index in [4.69, 9.17) is 11.5 Å². The van der Waals surface area contributed by atoms with Crippen molar-refractivity contribution in [2.24, 2.45) is 11.5 Å². The van der Waals surface area contributed by atoms with E-state index in [2.05, 4.69) is 30.9 Å². The molecule has 2 heterocycles. The molecule has 3 aromatic rings. The van der Waals surface area contributed by atoms with Crippen LogP contribution >= 0.6 is 0 Å². The molecular formula is C19H25N9O6. The van der Waals surface area contributed by atoms with Crippen LogP contribution in [0.4, 0.5) is 17.5 Å². The number of carbonyl (C=O) groups is 1. The Kier molecular flexibility index (Phi) is 6.07. The van der Waals surface area contributed by atoms with Crippen molar-refractivity contribution in [2.45, 2.75) is 49.7 Å². The maximum absolute atomic E-state index is 11.8. The summed E-state index contributed by atoms with van der Waals surface area (Å²) in [6.07, 6.45) is 4.98. The summed E-state index contributed by atoms with van der Waals surface area (Å²) >= 11 is 0. The van der Waals surface area contributed by atoms with Crippen molar-refractivity contribution in [2.75, 3.05) is 10.6 Å². The van der Waals surface area contributed by atoms with Gasteiger partial charge in [0.15, 0.2) is 11.5 Å². The largest absolute Gasteiger partial charge is 0.364 e. The number of anilines is 3. The summed E-state index contributed by atoms with van der Waals surface area (Å²) in [7, 11) is 0. The topological polar surface area (TPSA) is 251 Å². The average Bonchev–Trinajstić information content (AvgIpc) is 3.18. The molecule has 2 atom stereocenters. The lowest BCUT2D eigenvalue weighted by atomic mass is 9.91. The van der Waals surface area contributed by atoms with Gasteiger partial charge in [-0.1, -0.05) is 12.8 Å². The van der Waals surface area contributed by atoms with Crippen LogP contribution in [0.2, 0.25) is 0 Å². The number of benzene rings is 1. The van der Waals surface area contributed by atoms with Crippen LogP contribution in [0.15, 0.2) is 24.4 Å². The number of amides is 1. The second-order valence-corrected chi connectivity index (χ2v) is 8.12. The highest BCUT2D eigenvalue weighted by atomic mass is 16.7. The Hall–Kier alpha value is -3.47. The van der Waals surface area contributed by atoms with E-state index in [-0.39, 0.29) is 35.1 Å². The van der Waals surface area contributed by atoms with E-state index in [1.165, 1.54) is 24.4 Å². The number of carbonyl (C=O) groups excluding carboxylic acids is 1. The molecule has 2 aromatic heterocycles. The van der Waals surface area contributed by atoms with E-state index in [1.807, 2.05) is 0 Å². The molecule has 1 unspecified atom stereocenters. The fourth-order valence-corrected chi connectivity index (χ4v) is 3.78. The molecule has 15 heteroatoms. The van der Waals surface area contributed by atoms with Crippen molar-refractivity contribution in [3.63, 3.8) is 0 Å². The van der Waals surface area contributed by atoms with Gasteiger partial charge in [0.1, 0.15) is 0 Å². The average molecular weight is 475 g/mol. The van der Waals surface area contributed by atoms with Gasteiger partial charge in [-0.3, -0.25) is 4.79 Å². The zero-order valence-electron chi connectivity index (χ0n) is 17.8. The van der Waals surface area contributed by atoms with Crippen molar-refractivity contribution in [1.29, 1.82) is 0 Å². The lowest BCUT2D eigenvalue weighted by molar-refractivity contribution is -0.482. The molecule has 1 aliphatic rings. The van der Waals surface area contributed by atoms with Gasteiger partial charge in [0.05, 0.1) is 11.7 Å². The molecule has 0 aliphatic heterocycles. The summed E-state index contributed by atoms with van der Waals surface area (Å²) in [6, 6.07) is 4.21. The zero-order chi connectivity index (χ0) is 24.7. The number of hydrogen-bond donors (Lipinski definition) is 9. The Morgan fingerprint density at radius 1 is 1.12 bits per heavy atom. The molecule has 1 fully saturated rings. The highest BCUT2D eigenvalue weighted by Crippen LogP contribution is 2.28. The summed E-state index contributed by atoms with van der Waals surface area (Å²) in [5.41, 5.74) is 11.8. The highest BCUT2D eigenvalue weighted by Gasteiger charge is 2.50. The monoisotopic (exact) mass is 475 g/mol. The minimum atomic E-state index is -3.88. The van der Waals surface area contributed by atoms with Gasteiger partial charge < -0.3 is 47.6 Å². The maximum atomic E-state index is 11.8. The summed E-state index contributed by atoms with van der Waals surface area (Å²) in [4.78, 5) is 16.2. The zero-order valence-corrected chi connectivity index (χ0v) is 17.8. The predicted octanol–water partition coefficient (Wildman–Crippen LogP) is -2.03. The van der Waals surface area contributed by atoms with Gasteiger partial charge in [-0.25, -0.2) is 4.68 Å². The van der Waals surface area contributed by atoms with Crippen LogP contribution in [0.1, 0.15) is 36.2 Å². The van der Waals surface area contributed by atoms with Gasteiger partial charge >= 0.3 is 11.9 Å². The van der Waals surface area contributed by atoms with E-state index in [0.29, 0.717) is 15.8 Å². The summed E-state index contributed by atoms with van der Waals surface area (Å²) < 4.78 is 0.419. The number of primary amides is 1. The minimum absolute atomic E-state index is 0.0277. The van der Waals surface area contributed by atoms with Crippen LogP contribution in [-0.2, 0) is 5.91 Å². The molecular weight excluding hydrogens is 450 g/mol. The fourth-order valence-electron chi connectivity index (χ4n) is 3.78. The second-order valence-electron chi connectivity index (χ2n) is 8.12. The van der Waals surface area contributed by atoms with Crippen LogP contribution in [0.3, 0.4) is 0 Å². The van der Waals surface area contributed by atoms with Gasteiger partial charge in [0, 0.05) is 23.2 Å². The van der Waals surface area contributed by atoms with Gasteiger partial charge in [0.2, 0.25) is 5.95 Å². The number of nitrogens with one attached hydrogen (secondary N) is 2. The summed E-state index contributed by atoms with van der Waals surface area (Å²) in [5, 5.41) is 65.3. The SMILES string of the molecule is NC(=O)c1nnc(NC2CCCC[C@@H]2N)nc1Nc1ccc2c(cnn2C(O)(O)C(O)(O)O)c1. The Balaban J connectivity index is 1.63. The third-order valence-electron chi connectivity index (χ3n) is 5.63. The first kappa shape index (κ1) is 23.7. The molecule has 1 aliphatic carbocycles. The van der Waals surface area contributed by atoms with Gasteiger partial charge in [0.25, 0.3) is 5.91 Å². The minimum Gasteiger partial charge on any atom is -0.364 e. The molecule has 0 bridgehead atoms. The van der Waals surface area contributed by atoms with E-state index < -0.39 is 17.8 Å². The van der Waals surface area contributed by atoms with Gasteiger partial charge in [-0.2, -0.15) is 10.1 Å². The number of nitrogens with two attached hydrogens (primary N) is 2. The molecule has 15 nitrogen and oxygen atoms in total. The van der Waals surface area contributed by atoms with E-state index in [1.54, 1.807) is 0 Å². The number of fused-ring (bicyclic) bond motifs is 1. The molecule has 34 heavy (non-hydrogen) atoms. The summed E-state index contributed by atoms with van der Waals surface area (Å²) in [5.74, 6) is -8.07. The normalized spacial score (nSPS) is 19.2. The number of aliphatic hydroxyl groups is 5. The third-order valence-corrected chi connectivity index (χ3v) is 5.63. The maximum Gasteiger partial charge on any atom is 0.357 e. The Bertz CT molecular complexity index is 1210. The standard InChI is InChI=1S/C19H25N9O6/c20-11-3-1-2-4-12(11)24-17-25-16(14(15(21)29)26-27-17)23-10-5-6-13-9(7-10)8-22-28(13)18(30,31)19(32,33)34/h5-8,11-12,30-34H,1-4,20H2,(H2,21,29)(H2,23,24,25,27)/t11-,12?/m0/s1. The van der Waals surface area contributed by atoms with Crippen LogP contribution in [0.5, 0.6) is 0 Å². The first-order chi connectivity index (χ1) is 16.0. The smallest absolute Gasteiger partial charge is 0.357 e. The van der Waals surface area contributed by atoms with Crippen LogP contribution in [-0.4, -0.2) is 74.5 Å². The fraction of sp³-hybridized carbons (Fsp3) is 0.421. The van der Waals surface area contributed by atoms with Crippen molar-refractivity contribution in [3.8, 4) is 0 Å². The highest BCUT2D eigenvalue weighted by molar-refractivity contribution is 5.96. The molecule has 182 valence electrons. The van der Waals surface area contributed by atoms with Crippen LogP contribution in [0, 0.1) is 0 Å². The third kappa shape index (κ3) is 4.47. The quantitative estimate of drug-likeness (QED) is 0.167. The van der Waals surface area contributed by atoms with E-state index in [9.17, 15) is 30.3 Å². The van der Waals surface area contributed by atoms with Crippen LogP contribution in [0.25, 0.3) is 10.9 Å². The van der Waals surface area contributed by atoms with Crippen molar-refractivity contribution in [3.05, 3.63) is 30.1 Å². The Labute approximate surface area is 192 Å². The van der Waals surface area contributed by atoms with Gasteiger partial charge in [-0.05, 0) is 31.0 Å². The number of aromatic nitrogens is 5. The second kappa shape index (κ2) is 8.71. The lowest BCUT2D eigenvalue weighted by Crippen LogP contribution is -2.56. The first-order valence-electron chi connectivity index (χ1n) is 10.4. The predicted molar refractivity (Wildman–Crippen MR) is 117 cm³/mol. The van der Waals surface area contributed by atoms with Crippen molar-refractivity contribution >= 4 is 34.3 Å². The van der Waals surface area contributed by atoms with E-state index in [0.717, 1.165) is 25.7 Å². The molecule has 0 radical (unpaired) electrons. The van der Waals surface area contributed by atoms with Crippen molar-refractivity contribution in [1.82, 2.24) is 25.0 Å². The van der Waals surface area contributed by atoms with E-state index >= 15 is 0 Å². The van der Waals surface area contributed by atoms with Crippen LogP contribution < -0.4 is 22.1 Å². The lowest BCUT2D eigenvalue weighted by Gasteiger charge is -2.30. The first-order valence-corrected chi connectivity index (χ1v) is 10.4. The Morgan fingerprint density at radius 3 is 2.53 bits per heavy atom. The number of rotatable bonds is 7. The van der Waals surface area contributed by atoms with Crippen molar-refractivity contribution < 1.29 is 30.3 Å². The molecule has 0 spiro atoms. The molecule has 11 N–H and O–H groups in total. The Morgan fingerprint density at radius 2 is 1.85 bits per heavy atom. The number of hydrogen-bond acceptors (Lipinski definition) is 13.